The van der Waals surface area contributed by atoms with Crippen LogP contribution in [0.4, 0.5) is 14.9 Å². The summed E-state index contributed by atoms with van der Waals surface area (Å²) in [6.07, 6.45) is -0.587. The number of carbonyl (C=O) groups is 2. The number of hydrogen-bond acceptors (Lipinski definition) is 5. The van der Waals surface area contributed by atoms with Gasteiger partial charge in [0.2, 0.25) is 5.91 Å². The number of piperazine rings is 1. The first-order valence-corrected chi connectivity index (χ1v) is 8.77. The Balaban J connectivity index is 1.64. The van der Waals surface area contributed by atoms with Crippen molar-refractivity contribution in [3.63, 3.8) is 0 Å². The molecule has 1 fully saturated rings. The third-order valence-corrected chi connectivity index (χ3v) is 4.34. The molecule has 1 saturated heterocycles. The summed E-state index contributed by atoms with van der Waals surface area (Å²) >= 11 is 0. The van der Waals surface area contributed by atoms with E-state index in [-0.39, 0.29) is 24.4 Å². The second-order valence-electron chi connectivity index (χ2n) is 6.25. The maximum Gasteiger partial charge on any atom is 0.410 e. The van der Waals surface area contributed by atoms with Crippen LogP contribution < -0.4 is 10.6 Å². The zero-order valence-corrected chi connectivity index (χ0v) is 15.0. The number of anilines is 1. The lowest BCUT2D eigenvalue weighted by atomic mass is 10.1. The molecule has 2 aromatic carbocycles. The monoisotopic (exact) mass is 382 g/mol. The molecule has 0 bridgehead atoms. The topological polar surface area (TPSA) is 94.5 Å². The minimum Gasteiger partial charge on any atom is -0.445 e. The molecule has 0 aliphatic carbocycles. The molecule has 7 nitrogen and oxygen atoms in total. The summed E-state index contributed by atoms with van der Waals surface area (Å²) in [7, 11) is 0. The predicted molar refractivity (Wildman–Crippen MR) is 99.7 cm³/mol. The van der Waals surface area contributed by atoms with Crippen LogP contribution in [0, 0.1) is 17.1 Å². The van der Waals surface area contributed by atoms with E-state index in [1.807, 2.05) is 30.3 Å². The van der Waals surface area contributed by atoms with Crippen molar-refractivity contribution < 1.29 is 18.7 Å². The summed E-state index contributed by atoms with van der Waals surface area (Å²) in [6, 6.07) is 14.0. The first kappa shape index (κ1) is 19.3. The number of carbonyl (C=O) groups excluding carboxylic acids is 2. The molecule has 0 spiro atoms. The Bertz CT molecular complexity index is 898. The lowest BCUT2D eigenvalue weighted by Gasteiger charge is -2.34. The van der Waals surface area contributed by atoms with Crippen LogP contribution >= 0.6 is 0 Å². The Morgan fingerprint density at radius 2 is 2.07 bits per heavy atom. The molecular weight excluding hydrogens is 363 g/mol. The van der Waals surface area contributed by atoms with Crippen molar-refractivity contribution in [1.82, 2.24) is 10.2 Å². The SMILES string of the molecule is N#Cc1ccc(NC(=O)C2CNCCN2C(=O)OCc2ccccc2)cc1F. The average Bonchev–Trinajstić information content (AvgIpc) is 2.73. The number of amides is 2. The maximum absolute atomic E-state index is 13.7. The summed E-state index contributed by atoms with van der Waals surface area (Å²) in [6.45, 7) is 1.22. The predicted octanol–water partition coefficient (Wildman–Crippen LogP) is 2.25. The van der Waals surface area contributed by atoms with Crippen LogP contribution in [0.15, 0.2) is 48.5 Å². The molecule has 0 radical (unpaired) electrons. The van der Waals surface area contributed by atoms with Crippen molar-refractivity contribution >= 4 is 17.7 Å². The van der Waals surface area contributed by atoms with Crippen LogP contribution in [-0.2, 0) is 16.1 Å². The second kappa shape index (κ2) is 8.97. The molecule has 1 atom stereocenters. The van der Waals surface area contributed by atoms with Crippen molar-refractivity contribution in [1.29, 1.82) is 5.26 Å². The van der Waals surface area contributed by atoms with Crippen molar-refractivity contribution in [3.8, 4) is 6.07 Å². The van der Waals surface area contributed by atoms with Gasteiger partial charge in [-0.2, -0.15) is 5.26 Å². The molecule has 8 heteroatoms. The number of nitriles is 1. The number of nitrogens with zero attached hydrogens (tertiary/aromatic N) is 2. The van der Waals surface area contributed by atoms with Gasteiger partial charge in [0.1, 0.15) is 24.5 Å². The molecule has 1 heterocycles. The smallest absolute Gasteiger partial charge is 0.410 e. The van der Waals surface area contributed by atoms with Gasteiger partial charge >= 0.3 is 6.09 Å². The van der Waals surface area contributed by atoms with Crippen LogP contribution in [0.2, 0.25) is 0 Å². The molecule has 1 aliphatic heterocycles. The lowest BCUT2D eigenvalue weighted by molar-refractivity contribution is -0.121. The van der Waals surface area contributed by atoms with Crippen LogP contribution in [0.25, 0.3) is 0 Å². The molecule has 3 rings (SSSR count). The highest BCUT2D eigenvalue weighted by Gasteiger charge is 2.33. The summed E-state index contributed by atoms with van der Waals surface area (Å²) in [5.74, 6) is -1.19. The van der Waals surface area contributed by atoms with E-state index in [0.29, 0.717) is 13.1 Å². The van der Waals surface area contributed by atoms with Gasteiger partial charge in [0, 0.05) is 25.3 Å². The van der Waals surface area contributed by atoms with Gasteiger partial charge in [-0.3, -0.25) is 9.69 Å². The fraction of sp³-hybridized carbons (Fsp3) is 0.250. The third-order valence-electron chi connectivity index (χ3n) is 4.34. The normalized spacial score (nSPS) is 16.1. The van der Waals surface area contributed by atoms with E-state index in [9.17, 15) is 14.0 Å². The molecular formula is C20H19FN4O3. The van der Waals surface area contributed by atoms with Gasteiger partial charge in [0.15, 0.2) is 0 Å². The number of rotatable bonds is 4. The van der Waals surface area contributed by atoms with Gasteiger partial charge in [-0.1, -0.05) is 30.3 Å². The number of nitrogens with one attached hydrogen (secondary N) is 2. The van der Waals surface area contributed by atoms with Crippen molar-refractivity contribution in [2.45, 2.75) is 12.6 Å². The van der Waals surface area contributed by atoms with E-state index >= 15 is 0 Å². The Labute approximate surface area is 161 Å². The minimum atomic E-state index is -0.796. The highest BCUT2D eigenvalue weighted by Crippen LogP contribution is 2.16. The summed E-state index contributed by atoms with van der Waals surface area (Å²) in [5.41, 5.74) is 0.952. The zero-order chi connectivity index (χ0) is 19.9. The molecule has 2 aromatic rings. The maximum atomic E-state index is 13.7. The largest absolute Gasteiger partial charge is 0.445 e. The van der Waals surface area contributed by atoms with E-state index in [1.165, 1.54) is 17.0 Å². The first-order chi connectivity index (χ1) is 13.6. The van der Waals surface area contributed by atoms with Crippen LogP contribution in [0.5, 0.6) is 0 Å². The highest BCUT2D eigenvalue weighted by atomic mass is 19.1. The van der Waals surface area contributed by atoms with Crippen LogP contribution in [0.3, 0.4) is 0 Å². The van der Waals surface area contributed by atoms with Gasteiger partial charge in [-0.25, -0.2) is 9.18 Å². The lowest BCUT2D eigenvalue weighted by Crippen LogP contribution is -2.58. The molecule has 1 unspecified atom stereocenters. The molecule has 2 N–H and O–H groups in total. The molecule has 144 valence electrons. The van der Waals surface area contributed by atoms with Gasteiger partial charge in [0.05, 0.1) is 5.56 Å². The Hall–Kier alpha value is -3.44. The summed E-state index contributed by atoms with van der Waals surface area (Å²) in [5, 5.41) is 14.4. The Morgan fingerprint density at radius 3 is 2.79 bits per heavy atom. The van der Waals surface area contributed by atoms with Gasteiger partial charge < -0.3 is 15.4 Å². The van der Waals surface area contributed by atoms with Crippen LogP contribution in [-0.4, -0.2) is 42.6 Å². The first-order valence-electron chi connectivity index (χ1n) is 8.77. The van der Waals surface area contributed by atoms with Gasteiger partial charge in [-0.05, 0) is 23.8 Å². The quantitative estimate of drug-likeness (QED) is 0.846. The highest BCUT2D eigenvalue weighted by molar-refractivity contribution is 5.97. The minimum absolute atomic E-state index is 0.108. The number of ether oxygens (including phenoxy) is 1. The molecule has 2 amide bonds. The number of hydrogen-bond donors (Lipinski definition) is 2. The Kier molecular flexibility index (Phi) is 6.19. The average molecular weight is 382 g/mol. The summed E-state index contributed by atoms with van der Waals surface area (Å²) < 4.78 is 19.1. The zero-order valence-electron chi connectivity index (χ0n) is 15.0. The standard InChI is InChI=1S/C20H19FN4O3/c21-17-10-16(7-6-15(17)11-22)24-19(26)18-12-23-8-9-25(18)20(27)28-13-14-4-2-1-3-5-14/h1-7,10,18,23H,8-9,12-13H2,(H,24,26). The van der Waals surface area contributed by atoms with Crippen molar-refractivity contribution in [3.05, 3.63) is 65.5 Å². The van der Waals surface area contributed by atoms with Crippen LogP contribution in [0.1, 0.15) is 11.1 Å². The van der Waals surface area contributed by atoms with E-state index in [0.717, 1.165) is 11.6 Å². The summed E-state index contributed by atoms with van der Waals surface area (Å²) in [4.78, 5) is 26.5. The molecule has 0 aromatic heterocycles. The fourth-order valence-electron chi connectivity index (χ4n) is 2.87. The van der Waals surface area contributed by atoms with Crippen molar-refractivity contribution in [2.75, 3.05) is 25.0 Å². The van der Waals surface area contributed by atoms with Gasteiger partial charge in [-0.15, -0.1) is 0 Å². The number of halogens is 1. The molecule has 1 aliphatic rings. The second-order valence-corrected chi connectivity index (χ2v) is 6.25. The van der Waals surface area contributed by atoms with E-state index < -0.39 is 23.9 Å². The van der Waals surface area contributed by atoms with E-state index in [2.05, 4.69) is 10.6 Å². The third kappa shape index (κ3) is 4.64. The van der Waals surface area contributed by atoms with E-state index in [4.69, 9.17) is 10.00 Å². The molecule has 0 saturated carbocycles. The molecule has 28 heavy (non-hydrogen) atoms. The van der Waals surface area contributed by atoms with Gasteiger partial charge in [0.25, 0.3) is 0 Å². The van der Waals surface area contributed by atoms with Crippen molar-refractivity contribution in [2.24, 2.45) is 0 Å². The number of benzene rings is 2. The fourth-order valence-corrected chi connectivity index (χ4v) is 2.87. The Morgan fingerprint density at radius 1 is 1.29 bits per heavy atom. The van der Waals surface area contributed by atoms with E-state index in [1.54, 1.807) is 6.07 Å².